The number of hydrogen-bond acceptors (Lipinski definition) is 10. The predicted molar refractivity (Wildman–Crippen MR) is 126 cm³/mol. The Morgan fingerprint density at radius 2 is 0.822 bits per heavy atom. The first-order valence-corrected chi connectivity index (χ1v) is 13.9. The molecule has 0 unspecified atom stereocenters. The van der Waals surface area contributed by atoms with E-state index in [0.29, 0.717) is 24.3 Å². The van der Waals surface area contributed by atoms with E-state index in [9.17, 15) is 69.5 Å². The molecule has 24 heteroatoms. The highest BCUT2D eigenvalue weighted by Crippen LogP contribution is 2.30. The van der Waals surface area contributed by atoms with Gasteiger partial charge in [0.1, 0.15) is 11.5 Å². The lowest BCUT2D eigenvalue weighted by molar-refractivity contribution is -0.0636. The molecule has 2 aromatic carbocycles. The maximum absolute atomic E-state index is 13.2. The number of rotatable bonds is 12. The van der Waals surface area contributed by atoms with Crippen LogP contribution in [0.15, 0.2) is 58.8 Å². The van der Waals surface area contributed by atoms with Crippen LogP contribution in [-0.2, 0) is 28.8 Å². The van der Waals surface area contributed by atoms with E-state index < -0.39 is 66.2 Å². The van der Waals surface area contributed by atoms with Crippen LogP contribution in [0.25, 0.3) is 0 Å². The molecule has 10 nitrogen and oxygen atoms in total. The summed E-state index contributed by atoms with van der Waals surface area (Å²) in [6.45, 7) is -0.332. The van der Waals surface area contributed by atoms with Gasteiger partial charge in [0.25, 0.3) is 0 Å². The van der Waals surface area contributed by atoms with Crippen molar-refractivity contribution in [2.24, 2.45) is 10.3 Å². The maximum atomic E-state index is 13.2. The Hall–Kier alpha value is -3.96. The Balaban J connectivity index is 1.98. The molecule has 0 N–H and O–H groups in total. The van der Waals surface area contributed by atoms with Crippen LogP contribution in [0, 0.1) is 0 Å². The normalized spacial score (nSPS) is 14.2. The predicted octanol–water partition coefficient (Wildman–Crippen LogP) is 5.80. The van der Waals surface area contributed by atoms with Gasteiger partial charge >= 0.3 is 43.6 Å². The van der Waals surface area contributed by atoms with Crippen molar-refractivity contribution in [3.8, 4) is 11.5 Å². The second kappa shape index (κ2) is 13.6. The fraction of sp³-hybridized carbons (Fsp3) is 0.333. The van der Waals surface area contributed by atoms with E-state index >= 15 is 0 Å². The third kappa shape index (κ3) is 10.6. The average Bonchev–Trinajstić information content (AvgIpc) is 2.87. The highest BCUT2D eigenvalue weighted by molar-refractivity contribution is 7.87. The first-order chi connectivity index (χ1) is 20.4. The molecular weight excluding hydrogens is 700 g/mol. The summed E-state index contributed by atoms with van der Waals surface area (Å²) in [5.74, 6) is -0.135. The van der Waals surface area contributed by atoms with Crippen LogP contribution in [0.2, 0.25) is 0 Å². The summed E-state index contributed by atoms with van der Waals surface area (Å²) in [5.41, 5.74) is -18.0. The molecule has 0 aliphatic heterocycles. The highest BCUT2D eigenvalue weighted by Gasteiger charge is 2.51. The van der Waals surface area contributed by atoms with Crippen molar-refractivity contribution in [3.63, 3.8) is 0 Å². The Morgan fingerprint density at radius 1 is 0.533 bits per heavy atom. The van der Waals surface area contributed by atoms with E-state index in [0.717, 1.165) is 24.3 Å². The van der Waals surface area contributed by atoms with Crippen molar-refractivity contribution in [3.05, 3.63) is 59.7 Å². The number of oxime groups is 2. The van der Waals surface area contributed by atoms with Crippen molar-refractivity contribution >= 4 is 31.7 Å². The van der Waals surface area contributed by atoms with E-state index in [1.165, 1.54) is 0 Å². The van der Waals surface area contributed by atoms with Gasteiger partial charge in [0, 0.05) is 17.5 Å². The van der Waals surface area contributed by atoms with Crippen molar-refractivity contribution in [1.29, 1.82) is 0 Å². The van der Waals surface area contributed by atoms with Crippen LogP contribution in [0.4, 0.5) is 52.7 Å². The topological polar surface area (TPSA) is 130 Å². The molecule has 0 amide bonds. The molecule has 0 atom stereocenters. The van der Waals surface area contributed by atoms with Crippen LogP contribution >= 0.6 is 0 Å². The Kier molecular flexibility index (Phi) is 11.2. The summed E-state index contributed by atoms with van der Waals surface area (Å²) in [5, 5.41) is 4.19. The number of hydrogen-bond donors (Lipinski definition) is 0. The van der Waals surface area contributed by atoms with Crippen molar-refractivity contribution in [2.45, 2.75) is 29.8 Å². The molecule has 45 heavy (non-hydrogen) atoms. The van der Waals surface area contributed by atoms with Crippen LogP contribution in [0.3, 0.4) is 0 Å². The lowest BCUT2D eigenvalue weighted by Gasteiger charge is -2.13. The molecular formula is C21H14F12N2O8S2. The summed E-state index contributed by atoms with van der Waals surface area (Å²) < 4.78 is 213. The van der Waals surface area contributed by atoms with Gasteiger partial charge < -0.3 is 9.47 Å². The summed E-state index contributed by atoms with van der Waals surface area (Å²) in [7, 11) is -12.9. The molecule has 0 aromatic heterocycles. The average molecular weight is 714 g/mol. The SMILES string of the molecule is O=S(=O)(O/N=C(/c1ccc(OCCCOc2ccc(/C(=N\OS(=O)(=O)C(F)(F)F)C(F)(F)F)cc2)cc1)C(F)(F)F)C(F)(F)F. The van der Waals surface area contributed by atoms with Gasteiger partial charge in [0.15, 0.2) is 11.4 Å². The second-order valence-electron chi connectivity index (χ2n) is 7.92. The molecule has 2 rings (SSSR count). The van der Waals surface area contributed by atoms with E-state index in [4.69, 9.17) is 9.47 Å². The van der Waals surface area contributed by atoms with Crippen LogP contribution < -0.4 is 9.47 Å². The van der Waals surface area contributed by atoms with Crippen LogP contribution in [0.5, 0.6) is 11.5 Å². The molecule has 0 fully saturated rings. The molecule has 0 spiro atoms. The fourth-order valence-electron chi connectivity index (χ4n) is 2.65. The van der Waals surface area contributed by atoms with Crippen molar-refractivity contribution < 1.29 is 87.6 Å². The number of ether oxygens (including phenoxy) is 2. The Labute approximate surface area is 244 Å². The van der Waals surface area contributed by atoms with E-state index in [1.807, 2.05) is 0 Å². The Bertz CT molecular complexity index is 1460. The lowest BCUT2D eigenvalue weighted by atomic mass is 10.1. The minimum atomic E-state index is -6.46. The monoisotopic (exact) mass is 714 g/mol. The van der Waals surface area contributed by atoms with Crippen LogP contribution in [0.1, 0.15) is 17.5 Å². The van der Waals surface area contributed by atoms with Gasteiger partial charge in [-0.15, -0.1) is 0 Å². The van der Waals surface area contributed by atoms with Gasteiger partial charge in [-0.25, -0.2) is 0 Å². The summed E-state index contributed by atoms with van der Waals surface area (Å²) in [4.78, 5) is 0. The maximum Gasteiger partial charge on any atom is 0.536 e. The third-order valence-corrected chi connectivity index (χ3v) is 6.31. The first kappa shape index (κ1) is 37.2. The number of halogens is 12. The number of alkyl halides is 12. The van der Waals surface area contributed by atoms with Crippen molar-refractivity contribution in [1.82, 2.24) is 0 Å². The molecule has 0 aliphatic carbocycles. The Morgan fingerprint density at radius 3 is 1.07 bits per heavy atom. The number of nitrogens with zero attached hydrogens (tertiary/aromatic N) is 2. The zero-order chi connectivity index (χ0) is 34.5. The fourth-order valence-corrected chi connectivity index (χ4v) is 3.16. The molecule has 2 aromatic rings. The summed E-state index contributed by atoms with van der Waals surface area (Å²) in [6.07, 6.45) is -10.8. The molecule has 0 bridgehead atoms. The van der Waals surface area contributed by atoms with Crippen molar-refractivity contribution in [2.75, 3.05) is 13.2 Å². The van der Waals surface area contributed by atoms with E-state index in [1.54, 1.807) is 0 Å². The molecule has 0 radical (unpaired) electrons. The standard InChI is InChI=1S/C21H14F12N2O8S2/c22-18(23,24)16(34-42-44(36,37)20(28,29)30)12-2-6-14(7-3-12)40-10-1-11-41-15-8-4-13(5-9-15)17(19(25,26)27)35-43-45(38,39)21(31,32)33/h2-9H,1,10-11H2/b34-16-,35-17+. The number of benzene rings is 2. The molecule has 0 heterocycles. The minimum absolute atomic E-state index is 0.0559. The summed E-state index contributed by atoms with van der Waals surface area (Å²) in [6, 6.07) is 6.46. The molecule has 252 valence electrons. The second-order valence-corrected chi connectivity index (χ2v) is 11.0. The molecule has 0 saturated carbocycles. The van der Waals surface area contributed by atoms with Gasteiger partial charge in [0.2, 0.25) is 0 Å². The first-order valence-electron chi connectivity index (χ1n) is 11.1. The third-order valence-electron chi connectivity index (χ3n) is 4.64. The zero-order valence-corrected chi connectivity index (χ0v) is 22.9. The summed E-state index contributed by atoms with van der Waals surface area (Å²) >= 11 is 0. The molecule has 0 saturated heterocycles. The minimum Gasteiger partial charge on any atom is -0.493 e. The van der Waals surface area contributed by atoms with Gasteiger partial charge in [0.05, 0.1) is 13.2 Å². The highest BCUT2D eigenvalue weighted by atomic mass is 32.2. The smallest absolute Gasteiger partial charge is 0.493 e. The van der Waals surface area contributed by atoms with Gasteiger partial charge in [-0.05, 0) is 48.5 Å². The largest absolute Gasteiger partial charge is 0.536 e. The quantitative estimate of drug-likeness (QED) is 0.0888. The van der Waals surface area contributed by atoms with E-state index in [-0.39, 0.29) is 31.1 Å². The van der Waals surface area contributed by atoms with Gasteiger partial charge in [-0.2, -0.15) is 69.5 Å². The van der Waals surface area contributed by atoms with Crippen LogP contribution in [-0.4, -0.2) is 64.8 Å². The van der Waals surface area contributed by atoms with Gasteiger partial charge in [-0.3, -0.25) is 8.57 Å². The zero-order valence-electron chi connectivity index (χ0n) is 21.3. The van der Waals surface area contributed by atoms with Gasteiger partial charge in [-0.1, -0.05) is 10.3 Å². The lowest BCUT2D eigenvalue weighted by Crippen LogP contribution is -2.28. The van der Waals surface area contributed by atoms with E-state index in [2.05, 4.69) is 18.9 Å². The molecule has 0 aliphatic rings.